The molecule has 0 saturated carbocycles. The summed E-state index contributed by atoms with van der Waals surface area (Å²) < 4.78 is 29.6. The van der Waals surface area contributed by atoms with Gasteiger partial charge in [0.1, 0.15) is 10.7 Å². The van der Waals surface area contributed by atoms with Gasteiger partial charge in [0.2, 0.25) is 0 Å². The van der Waals surface area contributed by atoms with E-state index in [2.05, 4.69) is 25.8 Å². The maximum Gasteiger partial charge on any atom is 0.264 e. The lowest BCUT2D eigenvalue weighted by molar-refractivity contribution is 0.539. The van der Waals surface area contributed by atoms with Gasteiger partial charge in [0.15, 0.2) is 0 Å². The average molecular weight is 358 g/mol. The molecule has 5 nitrogen and oxygen atoms in total. The number of hydrogen-bond acceptors (Lipinski definition) is 3. The molecule has 0 radical (unpaired) electrons. The van der Waals surface area contributed by atoms with Gasteiger partial charge in [-0.2, -0.15) is 5.10 Å². The predicted octanol–water partition coefficient (Wildman–Crippen LogP) is 3.34. The van der Waals surface area contributed by atoms with Crippen LogP contribution in [0.2, 0.25) is 0 Å². The van der Waals surface area contributed by atoms with Crippen LogP contribution in [0.5, 0.6) is 0 Å². The number of aromatic nitrogens is 2. The minimum Gasteiger partial charge on any atom is -0.264 e. The fraction of sp³-hybridized carbons (Fsp3) is 0.308. The SMILES string of the molecule is Cc1ccc(S(=O)(=O)Nc2ccnn2C(C)C)c(Br)c1. The number of nitrogens with zero attached hydrogens (tertiary/aromatic N) is 2. The highest BCUT2D eigenvalue weighted by molar-refractivity contribution is 9.10. The summed E-state index contributed by atoms with van der Waals surface area (Å²) in [7, 11) is -3.64. The fourth-order valence-electron chi connectivity index (χ4n) is 1.82. The molecule has 0 aliphatic heterocycles. The second-order valence-corrected chi connectivity index (χ2v) is 7.30. The minimum atomic E-state index is -3.64. The van der Waals surface area contributed by atoms with Gasteiger partial charge >= 0.3 is 0 Å². The molecule has 108 valence electrons. The molecule has 0 aliphatic rings. The van der Waals surface area contributed by atoms with E-state index >= 15 is 0 Å². The van der Waals surface area contributed by atoms with Crippen LogP contribution in [0.15, 0.2) is 39.8 Å². The lowest BCUT2D eigenvalue weighted by Crippen LogP contribution is -2.17. The third-order valence-electron chi connectivity index (χ3n) is 2.78. The topological polar surface area (TPSA) is 64.0 Å². The van der Waals surface area contributed by atoms with Gasteiger partial charge in [-0.3, -0.25) is 4.72 Å². The summed E-state index contributed by atoms with van der Waals surface area (Å²) in [5.41, 5.74) is 0.989. The van der Waals surface area contributed by atoms with E-state index in [0.29, 0.717) is 10.3 Å². The van der Waals surface area contributed by atoms with Crippen molar-refractivity contribution in [2.75, 3.05) is 4.72 Å². The van der Waals surface area contributed by atoms with Crippen LogP contribution in [0.3, 0.4) is 0 Å². The number of hydrogen-bond donors (Lipinski definition) is 1. The zero-order valence-corrected chi connectivity index (χ0v) is 13.9. The van der Waals surface area contributed by atoms with E-state index in [9.17, 15) is 8.42 Å². The normalized spacial score (nSPS) is 11.8. The smallest absolute Gasteiger partial charge is 0.264 e. The summed E-state index contributed by atoms with van der Waals surface area (Å²) in [5, 5.41) is 4.11. The zero-order valence-electron chi connectivity index (χ0n) is 11.5. The maximum absolute atomic E-state index is 12.4. The molecule has 0 atom stereocenters. The van der Waals surface area contributed by atoms with Gasteiger partial charge in [0.25, 0.3) is 10.0 Å². The Morgan fingerprint density at radius 2 is 2.00 bits per heavy atom. The highest BCUT2D eigenvalue weighted by Gasteiger charge is 2.20. The Bertz CT molecular complexity index is 723. The Morgan fingerprint density at radius 3 is 2.60 bits per heavy atom. The van der Waals surface area contributed by atoms with E-state index in [4.69, 9.17) is 0 Å². The van der Waals surface area contributed by atoms with Gasteiger partial charge < -0.3 is 0 Å². The molecule has 0 spiro atoms. The number of anilines is 1. The molecule has 1 N–H and O–H groups in total. The molecular formula is C13H16BrN3O2S. The van der Waals surface area contributed by atoms with Crippen LogP contribution in [0.25, 0.3) is 0 Å². The highest BCUT2D eigenvalue weighted by Crippen LogP contribution is 2.25. The Morgan fingerprint density at radius 1 is 1.30 bits per heavy atom. The second kappa shape index (κ2) is 5.57. The first-order valence-electron chi connectivity index (χ1n) is 6.14. The van der Waals surface area contributed by atoms with Crippen molar-refractivity contribution in [2.45, 2.75) is 31.7 Å². The van der Waals surface area contributed by atoms with E-state index in [1.54, 1.807) is 35.1 Å². The van der Waals surface area contributed by atoms with Crippen LogP contribution < -0.4 is 4.72 Å². The molecule has 2 aromatic rings. The molecule has 20 heavy (non-hydrogen) atoms. The van der Waals surface area contributed by atoms with Gasteiger partial charge in [0, 0.05) is 16.6 Å². The van der Waals surface area contributed by atoms with Gasteiger partial charge in [-0.1, -0.05) is 6.07 Å². The molecule has 0 unspecified atom stereocenters. The summed E-state index contributed by atoms with van der Waals surface area (Å²) in [6.45, 7) is 5.78. The molecule has 0 bridgehead atoms. The van der Waals surface area contributed by atoms with Gasteiger partial charge in [0.05, 0.1) is 6.20 Å². The Hall–Kier alpha value is -1.34. The van der Waals surface area contributed by atoms with E-state index in [1.165, 1.54) is 0 Å². The molecule has 2 rings (SSSR count). The first-order chi connectivity index (χ1) is 9.31. The van der Waals surface area contributed by atoms with Crippen LogP contribution in [0.1, 0.15) is 25.5 Å². The zero-order chi connectivity index (χ0) is 14.9. The number of halogens is 1. The number of sulfonamides is 1. The fourth-order valence-corrected chi connectivity index (χ4v) is 4.07. The largest absolute Gasteiger partial charge is 0.264 e. The molecule has 1 heterocycles. The van der Waals surface area contributed by atoms with Crippen LogP contribution >= 0.6 is 15.9 Å². The average Bonchev–Trinajstić information content (AvgIpc) is 2.75. The Labute approximate surface area is 127 Å². The summed E-state index contributed by atoms with van der Waals surface area (Å²) in [6.07, 6.45) is 1.57. The molecule has 1 aromatic heterocycles. The van der Waals surface area contributed by atoms with Crippen LogP contribution in [-0.4, -0.2) is 18.2 Å². The van der Waals surface area contributed by atoms with Crippen molar-refractivity contribution in [3.8, 4) is 0 Å². The number of rotatable bonds is 4. The lowest BCUT2D eigenvalue weighted by Gasteiger charge is -2.14. The maximum atomic E-state index is 12.4. The summed E-state index contributed by atoms with van der Waals surface area (Å²) in [4.78, 5) is 0.208. The molecule has 1 aromatic carbocycles. The van der Waals surface area contributed by atoms with E-state index in [1.807, 2.05) is 20.8 Å². The summed E-state index contributed by atoms with van der Waals surface area (Å²) >= 11 is 3.29. The second-order valence-electron chi connectivity index (χ2n) is 4.79. The first kappa shape index (κ1) is 15.1. The highest BCUT2D eigenvalue weighted by atomic mass is 79.9. The van der Waals surface area contributed by atoms with E-state index < -0.39 is 10.0 Å². The lowest BCUT2D eigenvalue weighted by atomic mass is 10.2. The summed E-state index contributed by atoms with van der Waals surface area (Å²) in [6, 6.07) is 6.83. The summed E-state index contributed by atoms with van der Waals surface area (Å²) in [5.74, 6) is 0.451. The van der Waals surface area contributed by atoms with Crippen LogP contribution in [-0.2, 0) is 10.0 Å². The standard InChI is InChI=1S/C13H16BrN3O2S/c1-9(2)17-13(6-7-15-17)16-20(18,19)12-5-4-10(3)8-11(12)14/h4-9,16H,1-3H3. The van der Waals surface area contributed by atoms with E-state index in [-0.39, 0.29) is 10.9 Å². The van der Waals surface area contributed by atoms with Gasteiger partial charge in [-0.15, -0.1) is 0 Å². The predicted molar refractivity (Wildman–Crippen MR) is 82.3 cm³/mol. The molecule has 7 heteroatoms. The Balaban J connectivity index is 2.38. The number of aryl methyl sites for hydroxylation is 1. The molecule has 0 saturated heterocycles. The third-order valence-corrected chi connectivity index (χ3v) is 5.11. The third kappa shape index (κ3) is 3.04. The van der Waals surface area contributed by atoms with Crippen molar-refractivity contribution >= 4 is 31.8 Å². The van der Waals surface area contributed by atoms with Crippen molar-refractivity contribution in [3.63, 3.8) is 0 Å². The molecular weight excluding hydrogens is 342 g/mol. The Kier molecular flexibility index (Phi) is 4.19. The van der Waals surface area contributed by atoms with Gasteiger partial charge in [-0.05, 0) is 54.4 Å². The monoisotopic (exact) mass is 357 g/mol. The first-order valence-corrected chi connectivity index (χ1v) is 8.41. The minimum absolute atomic E-state index is 0.0733. The van der Waals surface area contributed by atoms with Crippen molar-refractivity contribution < 1.29 is 8.42 Å². The molecule has 0 fully saturated rings. The quantitative estimate of drug-likeness (QED) is 0.912. The molecule has 0 amide bonds. The van der Waals surface area contributed by atoms with E-state index in [0.717, 1.165) is 5.56 Å². The molecule has 0 aliphatic carbocycles. The van der Waals surface area contributed by atoms with Crippen molar-refractivity contribution in [2.24, 2.45) is 0 Å². The number of benzene rings is 1. The van der Waals surface area contributed by atoms with Gasteiger partial charge in [-0.25, -0.2) is 13.1 Å². The van der Waals surface area contributed by atoms with Crippen molar-refractivity contribution in [1.29, 1.82) is 0 Å². The number of nitrogens with one attached hydrogen (secondary N) is 1. The van der Waals surface area contributed by atoms with Crippen LogP contribution in [0.4, 0.5) is 5.82 Å². The van der Waals surface area contributed by atoms with Crippen molar-refractivity contribution in [3.05, 3.63) is 40.5 Å². The van der Waals surface area contributed by atoms with Crippen LogP contribution in [0, 0.1) is 6.92 Å². The van der Waals surface area contributed by atoms with Crippen molar-refractivity contribution in [1.82, 2.24) is 9.78 Å².